The van der Waals surface area contributed by atoms with Crippen LogP contribution in [0.4, 0.5) is 0 Å². The lowest BCUT2D eigenvalue weighted by Gasteiger charge is -2.33. The van der Waals surface area contributed by atoms with Gasteiger partial charge < -0.3 is 14.5 Å². The average molecular weight is 396 g/mol. The fraction of sp³-hybridized carbons (Fsp3) is 0.381. The van der Waals surface area contributed by atoms with Crippen molar-refractivity contribution >= 4 is 16.9 Å². The first kappa shape index (κ1) is 19.4. The van der Waals surface area contributed by atoms with Gasteiger partial charge in [0.2, 0.25) is 5.91 Å². The van der Waals surface area contributed by atoms with Gasteiger partial charge in [0.25, 0.3) is 5.56 Å². The number of furan rings is 1. The Morgan fingerprint density at radius 2 is 2.00 bits per heavy atom. The number of hydrogen-bond donors (Lipinski definition) is 1. The van der Waals surface area contributed by atoms with E-state index >= 15 is 0 Å². The molecule has 0 spiro atoms. The second-order valence-electron chi connectivity index (χ2n) is 7.09. The number of ether oxygens (including phenoxy) is 1. The van der Waals surface area contributed by atoms with Gasteiger partial charge in [-0.25, -0.2) is 4.98 Å². The minimum atomic E-state index is -0.301. The van der Waals surface area contributed by atoms with Gasteiger partial charge in [-0.1, -0.05) is 12.1 Å². The zero-order valence-corrected chi connectivity index (χ0v) is 16.3. The van der Waals surface area contributed by atoms with Crippen molar-refractivity contribution in [3.63, 3.8) is 0 Å². The van der Waals surface area contributed by atoms with E-state index in [1.807, 2.05) is 37.3 Å². The molecule has 0 unspecified atom stereocenters. The molecule has 1 saturated heterocycles. The zero-order chi connectivity index (χ0) is 20.2. The van der Waals surface area contributed by atoms with Crippen molar-refractivity contribution in [2.75, 3.05) is 32.8 Å². The van der Waals surface area contributed by atoms with Gasteiger partial charge in [-0.05, 0) is 31.2 Å². The zero-order valence-electron chi connectivity index (χ0n) is 16.3. The lowest BCUT2D eigenvalue weighted by atomic mass is 10.1. The molecule has 1 fully saturated rings. The summed E-state index contributed by atoms with van der Waals surface area (Å²) in [5, 5.41) is 2.97. The van der Waals surface area contributed by atoms with Crippen LogP contribution in [0.3, 0.4) is 0 Å². The van der Waals surface area contributed by atoms with Gasteiger partial charge in [0, 0.05) is 19.6 Å². The molecule has 1 atom stereocenters. The number of para-hydroxylation sites is 2. The molecule has 0 saturated carbocycles. The predicted octanol–water partition coefficient (Wildman–Crippen LogP) is 1.49. The maximum absolute atomic E-state index is 12.7. The molecule has 3 heterocycles. The Bertz CT molecular complexity index is 1050. The fourth-order valence-electron chi connectivity index (χ4n) is 3.62. The number of benzene rings is 1. The van der Waals surface area contributed by atoms with Crippen LogP contribution >= 0.6 is 0 Å². The number of rotatable bonds is 6. The Morgan fingerprint density at radius 3 is 2.76 bits per heavy atom. The Labute approximate surface area is 168 Å². The highest BCUT2D eigenvalue weighted by atomic mass is 16.5. The van der Waals surface area contributed by atoms with Gasteiger partial charge >= 0.3 is 0 Å². The molecule has 1 aromatic carbocycles. The first-order valence-corrected chi connectivity index (χ1v) is 9.71. The van der Waals surface area contributed by atoms with Crippen LogP contribution in [0.5, 0.6) is 0 Å². The van der Waals surface area contributed by atoms with Crippen LogP contribution in [0.15, 0.2) is 51.8 Å². The van der Waals surface area contributed by atoms with Crippen LogP contribution in [0, 0.1) is 6.92 Å². The fourth-order valence-corrected chi connectivity index (χ4v) is 3.62. The minimum Gasteiger partial charge on any atom is -0.465 e. The summed E-state index contributed by atoms with van der Waals surface area (Å²) in [7, 11) is 0. The number of nitrogens with zero attached hydrogens (tertiary/aromatic N) is 3. The van der Waals surface area contributed by atoms with Crippen molar-refractivity contribution in [1.29, 1.82) is 0 Å². The second-order valence-corrected chi connectivity index (χ2v) is 7.09. The smallest absolute Gasteiger partial charge is 0.269 e. The Kier molecular flexibility index (Phi) is 5.73. The number of aryl methyl sites for hydroxylation is 1. The number of carbonyl (C=O) groups is 1. The normalized spacial score (nSPS) is 16.0. The standard InChI is InChI=1S/C21H24N4O4/c1-15-6-7-19(29-15)18(24-8-10-28-11-9-24)12-23-20(26)14-25-17-5-3-2-4-16(17)22-13-21(25)27/h2-7,13,18H,8-12,14H2,1H3,(H,23,26)/t18-/m1/s1. The average Bonchev–Trinajstić information content (AvgIpc) is 3.17. The molecule has 0 aliphatic carbocycles. The predicted molar refractivity (Wildman–Crippen MR) is 108 cm³/mol. The number of nitrogens with one attached hydrogen (secondary N) is 1. The van der Waals surface area contributed by atoms with Crippen LogP contribution in [0.2, 0.25) is 0 Å². The van der Waals surface area contributed by atoms with E-state index in [0.29, 0.717) is 30.8 Å². The second kappa shape index (κ2) is 8.59. The summed E-state index contributed by atoms with van der Waals surface area (Å²) in [6, 6.07) is 11.1. The summed E-state index contributed by atoms with van der Waals surface area (Å²) >= 11 is 0. The summed E-state index contributed by atoms with van der Waals surface area (Å²) in [6.07, 6.45) is 1.25. The number of morpholine rings is 1. The molecule has 1 N–H and O–H groups in total. The van der Waals surface area contributed by atoms with Crippen LogP contribution in [-0.4, -0.2) is 53.2 Å². The largest absolute Gasteiger partial charge is 0.465 e. The van der Waals surface area contributed by atoms with Gasteiger partial charge in [-0.2, -0.15) is 0 Å². The minimum absolute atomic E-state index is 0.0606. The molecule has 3 aromatic rings. The van der Waals surface area contributed by atoms with E-state index in [2.05, 4.69) is 15.2 Å². The monoisotopic (exact) mass is 396 g/mol. The first-order valence-electron chi connectivity index (χ1n) is 9.71. The molecule has 4 rings (SSSR count). The van der Waals surface area contributed by atoms with Crippen LogP contribution in [0.25, 0.3) is 11.0 Å². The van der Waals surface area contributed by atoms with E-state index in [1.165, 1.54) is 10.8 Å². The van der Waals surface area contributed by atoms with Gasteiger partial charge in [0.15, 0.2) is 0 Å². The third kappa shape index (κ3) is 4.38. The maximum Gasteiger partial charge on any atom is 0.269 e. The maximum atomic E-state index is 12.7. The van der Waals surface area contributed by atoms with Crippen LogP contribution < -0.4 is 10.9 Å². The molecule has 1 aliphatic heterocycles. The molecule has 0 bridgehead atoms. The molecular formula is C21H24N4O4. The van der Waals surface area contributed by atoms with Crippen molar-refractivity contribution in [1.82, 2.24) is 19.8 Å². The first-order chi connectivity index (χ1) is 14.1. The Hall–Kier alpha value is -2.97. The highest BCUT2D eigenvalue weighted by molar-refractivity contribution is 5.79. The van der Waals surface area contributed by atoms with Gasteiger partial charge in [-0.3, -0.25) is 19.1 Å². The number of aromatic nitrogens is 2. The summed E-state index contributed by atoms with van der Waals surface area (Å²) in [6.45, 7) is 5.09. The van der Waals surface area contributed by atoms with Crippen molar-refractivity contribution in [3.05, 3.63) is 64.5 Å². The number of carbonyl (C=O) groups excluding carboxylic acids is 1. The molecule has 2 aromatic heterocycles. The van der Waals surface area contributed by atoms with Gasteiger partial charge in [0.05, 0.1) is 36.5 Å². The third-order valence-electron chi connectivity index (χ3n) is 5.12. The lowest BCUT2D eigenvalue weighted by molar-refractivity contribution is -0.122. The van der Waals surface area contributed by atoms with Crippen molar-refractivity contribution in [2.24, 2.45) is 0 Å². The van der Waals surface area contributed by atoms with Crippen molar-refractivity contribution in [3.8, 4) is 0 Å². The van der Waals surface area contributed by atoms with Gasteiger partial charge in [-0.15, -0.1) is 0 Å². The van der Waals surface area contributed by atoms with Crippen LogP contribution in [0.1, 0.15) is 17.6 Å². The van der Waals surface area contributed by atoms with E-state index in [4.69, 9.17) is 9.15 Å². The topological polar surface area (TPSA) is 89.6 Å². The Morgan fingerprint density at radius 1 is 1.21 bits per heavy atom. The Balaban J connectivity index is 1.48. The molecule has 1 aliphatic rings. The molecule has 8 heteroatoms. The number of amides is 1. The molecule has 8 nitrogen and oxygen atoms in total. The third-order valence-corrected chi connectivity index (χ3v) is 5.12. The molecular weight excluding hydrogens is 372 g/mol. The lowest BCUT2D eigenvalue weighted by Crippen LogP contribution is -2.44. The summed E-state index contributed by atoms with van der Waals surface area (Å²) in [5.41, 5.74) is 1.02. The summed E-state index contributed by atoms with van der Waals surface area (Å²) in [4.78, 5) is 31.3. The molecule has 0 radical (unpaired) electrons. The van der Waals surface area contributed by atoms with E-state index in [0.717, 1.165) is 24.6 Å². The van der Waals surface area contributed by atoms with E-state index in [9.17, 15) is 9.59 Å². The van der Waals surface area contributed by atoms with Crippen molar-refractivity contribution in [2.45, 2.75) is 19.5 Å². The number of fused-ring (bicyclic) bond motifs is 1. The SMILES string of the molecule is Cc1ccc([C@@H](CNC(=O)Cn2c(=O)cnc3ccccc32)N2CCOCC2)o1. The van der Waals surface area contributed by atoms with Crippen LogP contribution in [-0.2, 0) is 16.1 Å². The molecule has 1 amide bonds. The molecule has 152 valence electrons. The quantitative estimate of drug-likeness (QED) is 0.679. The highest BCUT2D eigenvalue weighted by Gasteiger charge is 2.25. The van der Waals surface area contributed by atoms with E-state index < -0.39 is 0 Å². The summed E-state index contributed by atoms with van der Waals surface area (Å²) < 4.78 is 12.7. The number of hydrogen-bond acceptors (Lipinski definition) is 6. The van der Waals surface area contributed by atoms with Gasteiger partial charge in [0.1, 0.15) is 18.1 Å². The highest BCUT2D eigenvalue weighted by Crippen LogP contribution is 2.23. The van der Waals surface area contributed by atoms with E-state index in [1.54, 1.807) is 6.07 Å². The summed E-state index contributed by atoms with van der Waals surface area (Å²) in [5.74, 6) is 1.42. The van der Waals surface area contributed by atoms with E-state index in [-0.39, 0.29) is 24.1 Å². The van der Waals surface area contributed by atoms with Crippen molar-refractivity contribution < 1.29 is 13.9 Å². The molecule has 29 heavy (non-hydrogen) atoms.